The second-order valence-corrected chi connectivity index (χ2v) is 6.76. The first-order valence-corrected chi connectivity index (χ1v) is 9.04. The zero-order valence-corrected chi connectivity index (χ0v) is 16.8. The minimum absolute atomic E-state index is 0.0155. The number of hydrazine groups is 1. The standard InChI is InChI=1S/C18H19ClN4O4S/c1-11-3-8-16(15(9-11)23(25)26)27-12(2)17(24)21-22-18(28)20-10-13-4-6-14(19)7-5-13/h3-9,12H,10H2,1-2H3,(H,21,24)(H2,20,22,28)/t12-/m1/s1. The Kier molecular flexibility index (Phi) is 7.53. The Morgan fingerprint density at radius 3 is 2.57 bits per heavy atom. The number of hydrogen-bond donors (Lipinski definition) is 3. The van der Waals surface area contributed by atoms with Crippen molar-refractivity contribution in [3.8, 4) is 5.75 Å². The highest BCUT2D eigenvalue weighted by molar-refractivity contribution is 7.80. The van der Waals surface area contributed by atoms with E-state index in [4.69, 9.17) is 28.6 Å². The molecule has 0 aliphatic heterocycles. The molecule has 0 heterocycles. The number of nitrogens with one attached hydrogen (secondary N) is 3. The lowest BCUT2D eigenvalue weighted by molar-refractivity contribution is -0.386. The molecular formula is C18H19ClN4O4S. The molecular weight excluding hydrogens is 404 g/mol. The Balaban J connectivity index is 1.83. The molecule has 0 saturated heterocycles. The van der Waals surface area contributed by atoms with Crippen molar-refractivity contribution in [2.75, 3.05) is 0 Å². The van der Waals surface area contributed by atoms with E-state index in [0.717, 1.165) is 11.1 Å². The largest absolute Gasteiger partial charge is 0.474 e. The molecule has 2 aromatic rings. The van der Waals surface area contributed by atoms with Gasteiger partial charge in [0.2, 0.25) is 0 Å². The summed E-state index contributed by atoms with van der Waals surface area (Å²) in [5.41, 5.74) is 6.44. The number of benzene rings is 2. The molecule has 0 bridgehead atoms. The third kappa shape index (κ3) is 6.36. The number of carbonyl (C=O) groups excluding carboxylic acids is 1. The summed E-state index contributed by atoms with van der Waals surface area (Å²) in [4.78, 5) is 22.7. The number of ether oxygens (including phenoxy) is 1. The van der Waals surface area contributed by atoms with Crippen LogP contribution >= 0.6 is 23.8 Å². The quantitative estimate of drug-likeness (QED) is 0.373. The predicted molar refractivity (Wildman–Crippen MR) is 110 cm³/mol. The van der Waals surface area contributed by atoms with E-state index in [1.54, 1.807) is 25.1 Å². The number of hydrogen-bond acceptors (Lipinski definition) is 5. The van der Waals surface area contributed by atoms with Gasteiger partial charge in [0.05, 0.1) is 4.92 Å². The highest BCUT2D eigenvalue weighted by Crippen LogP contribution is 2.28. The fraction of sp³-hybridized carbons (Fsp3) is 0.222. The summed E-state index contributed by atoms with van der Waals surface area (Å²) >= 11 is 10.9. The van der Waals surface area contributed by atoms with Gasteiger partial charge < -0.3 is 10.1 Å². The lowest BCUT2D eigenvalue weighted by Crippen LogP contribution is -2.50. The summed E-state index contributed by atoms with van der Waals surface area (Å²) in [6, 6.07) is 11.7. The predicted octanol–water partition coefficient (Wildman–Crippen LogP) is 3.02. The van der Waals surface area contributed by atoms with Crippen LogP contribution in [0.1, 0.15) is 18.1 Å². The van der Waals surface area contributed by atoms with Crippen LogP contribution in [-0.2, 0) is 11.3 Å². The van der Waals surface area contributed by atoms with Crippen LogP contribution in [0.5, 0.6) is 5.75 Å². The fourth-order valence-corrected chi connectivity index (χ4v) is 2.41. The van der Waals surface area contributed by atoms with Gasteiger partial charge in [-0.3, -0.25) is 25.8 Å². The molecule has 0 unspecified atom stereocenters. The van der Waals surface area contributed by atoms with E-state index < -0.39 is 16.9 Å². The van der Waals surface area contributed by atoms with Crippen LogP contribution in [-0.4, -0.2) is 22.0 Å². The summed E-state index contributed by atoms with van der Waals surface area (Å²) in [5.74, 6) is -0.521. The molecule has 0 radical (unpaired) electrons. The van der Waals surface area contributed by atoms with Gasteiger partial charge in [0.15, 0.2) is 17.0 Å². The molecule has 2 aromatic carbocycles. The highest BCUT2D eigenvalue weighted by atomic mass is 35.5. The number of carbonyl (C=O) groups is 1. The van der Waals surface area contributed by atoms with Crippen LogP contribution in [0.25, 0.3) is 0 Å². The topological polar surface area (TPSA) is 106 Å². The lowest BCUT2D eigenvalue weighted by atomic mass is 10.2. The number of nitro groups is 1. The average Bonchev–Trinajstić information content (AvgIpc) is 2.66. The van der Waals surface area contributed by atoms with Crippen LogP contribution in [0.2, 0.25) is 5.02 Å². The van der Waals surface area contributed by atoms with E-state index >= 15 is 0 Å². The molecule has 0 aliphatic carbocycles. The van der Waals surface area contributed by atoms with E-state index in [-0.39, 0.29) is 16.5 Å². The Bertz CT molecular complexity index is 876. The second-order valence-electron chi connectivity index (χ2n) is 5.91. The Labute approximate surface area is 172 Å². The molecule has 0 spiro atoms. The van der Waals surface area contributed by atoms with Crippen LogP contribution < -0.4 is 20.9 Å². The van der Waals surface area contributed by atoms with Gasteiger partial charge in [-0.2, -0.15) is 0 Å². The van der Waals surface area contributed by atoms with Crippen molar-refractivity contribution in [2.24, 2.45) is 0 Å². The van der Waals surface area contributed by atoms with Gasteiger partial charge in [0.25, 0.3) is 5.91 Å². The Hall–Kier alpha value is -2.91. The summed E-state index contributed by atoms with van der Waals surface area (Å²) < 4.78 is 5.43. The zero-order chi connectivity index (χ0) is 20.7. The van der Waals surface area contributed by atoms with Gasteiger partial charge in [0.1, 0.15) is 0 Å². The summed E-state index contributed by atoms with van der Waals surface area (Å²) in [5, 5.41) is 14.9. The molecule has 0 aliphatic rings. The molecule has 10 heteroatoms. The number of thiocarbonyl (C=S) groups is 1. The molecule has 1 atom stereocenters. The second kappa shape index (κ2) is 9.86. The molecule has 1 amide bonds. The monoisotopic (exact) mass is 422 g/mol. The van der Waals surface area contributed by atoms with E-state index in [1.807, 2.05) is 12.1 Å². The third-order valence-electron chi connectivity index (χ3n) is 3.65. The van der Waals surface area contributed by atoms with Crippen molar-refractivity contribution in [1.29, 1.82) is 0 Å². The minimum atomic E-state index is -0.979. The van der Waals surface area contributed by atoms with Crippen molar-refractivity contribution in [3.05, 3.63) is 68.7 Å². The number of halogens is 1. The maximum absolute atomic E-state index is 12.1. The average molecular weight is 423 g/mol. The van der Waals surface area contributed by atoms with Gasteiger partial charge >= 0.3 is 5.69 Å². The first kappa shape index (κ1) is 21.4. The van der Waals surface area contributed by atoms with Crippen molar-refractivity contribution in [3.63, 3.8) is 0 Å². The van der Waals surface area contributed by atoms with Gasteiger partial charge in [-0.05, 0) is 55.4 Å². The first-order valence-electron chi connectivity index (χ1n) is 8.26. The minimum Gasteiger partial charge on any atom is -0.474 e. The van der Waals surface area contributed by atoms with Crippen LogP contribution in [0, 0.1) is 17.0 Å². The Morgan fingerprint density at radius 2 is 1.93 bits per heavy atom. The van der Waals surface area contributed by atoms with Gasteiger partial charge in [-0.25, -0.2) is 0 Å². The van der Waals surface area contributed by atoms with E-state index in [2.05, 4.69) is 16.2 Å². The molecule has 0 saturated carbocycles. The number of amides is 1. The molecule has 8 nitrogen and oxygen atoms in total. The molecule has 0 fully saturated rings. The lowest BCUT2D eigenvalue weighted by Gasteiger charge is -2.16. The van der Waals surface area contributed by atoms with E-state index in [0.29, 0.717) is 11.6 Å². The molecule has 3 N–H and O–H groups in total. The maximum Gasteiger partial charge on any atom is 0.311 e. The van der Waals surface area contributed by atoms with Crippen LogP contribution in [0.15, 0.2) is 42.5 Å². The fourth-order valence-electron chi connectivity index (χ4n) is 2.16. The molecule has 0 aromatic heterocycles. The number of nitrogens with zero attached hydrogens (tertiary/aromatic N) is 1. The van der Waals surface area contributed by atoms with Crippen molar-refractivity contribution < 1.29 is 14.5 Å². The zero-order valence-electron chi connectivity index (χ0n) is 15.2. The van der Waals surface area contributed by atoms with E-state index in [1.165, 1.54) is 19.1 Å². The summed E-state index contributed by atoms with van der Waals surface area (Å²) in [7, 11) is 0. The van der Waals surface area contributed by atoms with Crippen molar-refractivity contribution in [2.45, 2.75) is 26.5 Å². The molecule has 28 heavy (non-hydrogen) atoms. The molecule has 2 rings (SSSR count). The molecule has 148 valence electrons. The van der Waals surface area contributed by atoms with Crippen LogP contribution in [0.3, 0.4) is 0 Å². The van der Waals surface area contributed by atoms with Crippen molar-refractivity contribution in [1.82, 2.24) is 16.2 Å². The number of nitro benzene ring substituents is 1. The van der Waals surface area contributed by atoms with Gasteiger partial charge in [-0.15, -0.1) is 0 Å². The summed E-state index contributed by atoms with van der Waals surface area (Å²) in [6.07, 6.45) is -0.979. The summed E-state index contributed by atoms with van der Waals surface area (Å²) in [6.45, 7) is 3.65. The number of aryl methyl sites for hydroxylation is 1. The normalized spacial score (nSPS) is 11.2. The SMILES string of the molecule is Cc1ccc(O[C@H](C)C(=O)NNC(=S)NCc2ccc(Cl)cc2)c([N+](=O)[O-])c1. The first-order chi connectivity index (χ1) is 13.3. The highest BCUT2D eigenvalue weighted by Gasteiger charge is 2.21. The number of rotatable bonds is 6. The maximum atomic E-state index is 12.1. The van der Waals surface area contributed by atoms with Crippen molar-refractivity contribution >= 4 is 40.5 Å². The van der Waals surface area contributed by atoms with Crippen LogP contribution in [0.4, 0.5) is 5.69 Å². The smallest absolute Gasteiger partial charge is 0.311 e. The Morgan fingerprint density at radius 1 is 1.25 bits per heavy atom. The third-order valence-corrected chi connectivity index (χ3v) is 4.15. The van der Waals surface area contributed by atoms with E-state index in [9.17, 15) is 14.9 Å². The van der Waals surface area contributed by atoms with Gasteiger partial charge in [-0.1, -0.05) is 29.8 Å². The van der Waals surface area contributed by atoms with Gasteiger partial charge in [0, 0.05) is 17.6 Å².